The quantitative estimate of drug-likeness (QED) is 0.0697. The van der Waals surface area contributed by atoms with Gasteiger partial charge in [0, 0.05) is 28.6 Å². The zero-order valence-electron chi connectivity index (χ0n) is 23.5. The molecule has 3 unspecified atom stereocenters. The van der Waals surface area contributed by atoms with Crippen LogP contribution in [0.1, 0.15) is 59.8 Å². The van der Waals surface area contributed by atoms with Gasteiger partial charge in [0.1, 0.15) is 11.9 Å². The summed E-state index contributed by atoms with van der Waals surface area (Å²) in [7, 11) is 2.90. The number of benzene rings is 1. The van der Waals surface area contributed by atoms with Gasteiger partial charge in [0.25, 0.3) is 0 Å². The molecule has 2 aliphatic rings. The van der Waals surface area contributed by atoms with Crippen molar-refractivity contribution in [3.63, 3.8) is 0 Å². The predicted molar refractivity (Wildman–Crippen MR) is 179 cm³/mol. The Morgan fingerprint density at radius 1 is 1.39 bits per heavy atom. The summed E-state index contributed by atoms with van der Waals surface area (Å²) in [6.45, 7) is 13.1. The number of alkyl halides is 1. The van der Waals surface area contributed by atoms with E-state index in [0.29, 0.717) is 15.7 Å². The van der Waals surface area contributed by atoms with Crippen LogP contribution in [0.3, 0.4) is 0 Å². The Bertz CT molecular complexity index is 907. The molecule has 2 aliphatic heterocycles. The summed E-state index contributed by atoms with van der Waals surface area (Å²) in [6.07, 6.45) is 10.4. The van der Waals surface area contributed by atoms with Crippen molar-refractivity contribution >= 4 is 65.1 Å². The first-order chi connectivity index (χ1) is 18.1. The molecule has 0 aromatic heterocycles. The maximum absolute atomic E-state index is 6.14. The fourth-order valence-electron chi connectivity index (χ4n) is 4.14. The van der Waals surface area contributed by atoms with Gasteiger partial charge in [-0.05, 0) is 101 Å². The smallest absolute Gasteiger partial charge is 0.199 e. The zero-order valence-corrected chi connectivity index (χ0v) is 27.8. The number of piperidine rings is 1. The topological polar surface area (TPSA) is 74.9 Å². The van der Waals surface area contributed by atoms with Gasteiger partial charge in [0.2, 0.25) is 0 Å². The first-order valence-corrected chi connectivity index (χ1v) is 16.7. The third kappa shape index (κ3) is 13.1. The number of likely N-dealkylation sites (N-methyl/N-ethyl adjacent to an activating group) is 1. The minimum absolute atomic E-state index is 0.0577. The third-order valence-corrected chi connectivity index (χ3v) is 10.3. The predicted octanol–water partition coefficient (Wildman–Crippen LogP) is 6.62. The second kappa shape index (κ2) is 17.2. The molecular weight excluding hydrogens is 597 g/mol. The molecule has 3 atom stereocenters. The average molecular weight is 645 g/mol. The van der Waals surface area contributed by atoms with Crippen molar-refractivity contribution in [2.45, 2.75) is 71.2 Å². The maximum Gasteiger partial charge on any atom is 0.199 e. The maximum atomic E-state index is 6.14. The second-order valence-electron chi connectivity index (χ2n) is 10.7. The number of rotatable bonds is 9. The number of hydrogen-bond acceptors (Lipinski definition) is 5. The molecule has 2 heterocycles. The van der Waals surface area contributed by atoms with Crippen molar-refractivity contribution in [2.75, 3.05) is 42.6 Å². The molecular formula is C28H47BrN5OPS2. The number of thioether (sulfide) groups is 1. The van der Waals surface area contributed by atoms with E-state index >= 15 is 0 Å². The van der Waals surface area contributed by atoms with Crippen LogP contribution in [0.25, 0.3) is 0 Å². The number of halogens is 1. The number of anilines is 1. The van der Waals surface area contributed by atoms with Crippen LogP contribution in [0, 0.1) is 5.41 Å². The van der Waals surface area contributed by atoms with Crippen LogP contribution in [-0.2, 0) is 0 Å². The van der Waals surface area contributed by atoms with Crippen LogP contribution in [0.5, 0.6) is 5.75 Å². The van der Waals surface area contributed by atoms with E-state index in [-0.39, 0.29) is 11.4 Å². The molecule has 1 aromatic carbocycles. The van der Waals surface area contributed by atoms with E-state index < -0.39 is 0 Å². The summed E-state index contributed by atoms with van der Waals surface area (Å²) in [6, 6.07) is 7.87. The van der Waals surface area contributed by atoms with Crippen molar-refractivity contribution < 1.29 is 4.74 Å². The monoisotopic (exact) mass is 643 g/mol. The van der Waals surface area contributed by atoms with Crippen molar-refractivity contribution in [3.8, 4) is 5.75 Å². The highest BCUT2D eigenvalue weighted by Gasteiger charge is 2.28. The fraction of sp³-hybridized carbons (Fsp3) is 0.643. The van der Waals surface area contributed by atoms with Crippen molar-refractivity contribution in [2.24, 2.45) is 16.1 Å². The molecule has 38 heavy (non-hydrogen) atoms. The molecule has 10 heteroatoms. The van der Waals surface area contributed by atoms with E-state index in [1.807, 2.05) is 24.3 Å². The summed E-state index contributed by atoms with van der Waals surface area (Å²) >= 11 is 10.3. The van der Waals surface area contributed by atoms with Crippen LogP contribution < -0.4 is 21.1 Å². The molecule has 4 N–H and O–H groups in total. The fourth-order valence-corrected chi connectivity index (χ4v) is 6.05. The summed E-state index contributed by atoms with van der Waals surface area (Å²) in [5.41, 5.74) is 7.34. The number of nitrogens with two attached hydrogens (primary N) is 1. The highest BCUT2D eigenvalue weighted by Crippen LogP contribution is 2.30. The van der Waals surface area contributed by atoms with Gasteiger partial charge in [-0.1, -0.05) is 60.6 Å². The summed E-state index contributed by atoms with van der Waals surface area (Å²) in [4.78, 5) is 6.74. The van der Waals surface area contributed by atoms with Crippen LogP contribution in [0.15, 0.2) is 41.4 Å². The first-order valence-electron chi connectivity index (χ1n) is 13.6. The molecule has 6 nitrogen and oxygen atoms in total. The number of aliphatic imine (C=N–C) groups is 1. The number of thiocarbonyl (C=S) groups is 1. The molecule has 0 saturated carbocycles. The average Bonchev–Trinajstić information content (AvgIpc) is 3.34. The van der Waals surface area contributed by atoms with E-state index in [1.165, 1.54) is 31.1 Å². The van der Waals surface area contributed by atoms with Crippen LogP contribution in [0.4, 0.5) is 5.69 Å². The summed E-state index contributed by atoms with van der Waals surface area (Å²) in [5.74, 6) is 1.75. The van der Waals surface area contributed by atoms with Gasteiger partial charge in [0.05, 0.1) is 0 Å². The molecule has 0 aliphatic carbocycles. The number of nitrogens with zero attached hydrogens (tertiary/aromatic N) is 2. The van der Waals surface area contributed by atoms with Crippen LogP contribution in [0.2, 0.25) is 0 Å². The van der Waals surface area contributed by atoms with Crippen molar-refractivity contribution in [1.82, 2.24) is 10.2 Å². The summed E-state index contributed by atoms with van der Waals surface area (Å²) in [5, 5.41) is 8.59. The van der Waals surface area contributed by atoms with Gasteiger partial charge < -0.3 is 21.1 Å². The molecule has 0 spiro atoms. The first kappa shape index (κ1) is 33.5. The van der Waals surface area contributed by atoms with Crippen molar-refractivity contribution in [3.05, 3.63) is 36.4 Å². The van der Waals surface area contributed by atoms with Gasteiger partial charge in [-0.3, -0.25) is 4.90 Å². The minimum atomic E-state index is 0.0577. The molecule has 2 fully saturated rings. The number of nitrogens with one attached hydrogen (secondary N) is 2. The van der Waals surface area contributed by atoms with Crippen molar-refractivity contribution in [1.29, 1.82) is 0 Å². The van der Waals surface area contributed by atoms with E-state index in [1.54, 1.807) is 0 Å². The van der Waals surface area contributed by atoms with E-state index in [4.69, 9.17) is 22.7 Å². The molecule has 0 bridgehead atoms. The Morgan fingerprint density at radius 2 is 2.13 bits per heavy atom. The molecule has 3 rings (SSSR count). The molecule has 0 radical (unpaired) electrons. The van der Waals surface area contributed by atoms with E-state index in [2.05, 4.69) is 85.5 Å². The summed E-state index contributed by atoms with van der Waals surface area (Å²) < 4.78 is 6.14. The number of amidine groups is 1. The van der Waals surface area contributed by atoms with E-state index in [9.17, 15) is 0 Å². The lowest BCUT2D eigenvalue weighted by molar-refractivity contribution is 0.0920. The SMILES string of the molecule is C/C=C\CC(C)(C)CBr.CCN1CCCC(Oc2ccc(NC(=S)/N=C(\N)SCC3(P)CCCN3)cc2)C1. The number of ether oxygens (including phenoxy) is 1. The number of hydrogen-bond donors (Lipinski definition) is 3. The largest absolute Gasteiger partial charge is 0.489 e. The van der Waals surface area contributed by atoms with Gasteiger partial charge >= 0.3 is 0 Å². The van der Waals surface area contributed by atoms with Gasteiger partial charge in [-0.25, -0.2) is 0 Å². The zero-order chi connectivity index (χ0) is 28.0. The highest BCUT2D eigenvalue weighted by molar-refractivity contribution is 9.09. The molecule has 1 aromatic rings. The Hall–Kier alpha value is -0.700. The Morgan fingerprint density at radius 3 is 2.74 bits per heavy atom. The van der Waals surface area contributed by atoms with Gasteiger partial charge in [0.15, 0.2) is 10.3 Å². The standard InChI is InChI=1S/C20H32N5OPS2.C8H15Br/c1-2-25-12-3-5-17(13-25)26-16-8-6-15(7-9-16)23-19(28)24-18(21)29-14-20(27)10-4-11-22-20;1-4-5-6-8(2,3)7-9/h6-9,17,22H,2-5,10-14,27H2,1H3,(H3,21,23,24,28);4-5H,6-7H2,1-3H3/b;5-4-. The molecule has 0 amide bonds. The third-order valence-electron chi connectivity index (χ3n) is 6.55. The number of allylic oxidation sites excluding steroid dienone is 2. The van der Waals surface area contributed by atoms with E-state index in [0.717, 1.165) is 61.4 Å². The number of likely N-dealkylation sites (tertiary alicyclic amines) is 1. The normalized spacial score (nSPS) is 22.7. The van der Waals surface area contributed by atoms with Crippen LogP contribution >= 0.6 is 49.1 Å². The second-order valence-corrected chi connectivity index (χ2v) is 13.8. The Labute approximate surface area is 251 Å². The Balaban J connectivity index is 0.000000484. The molecule has 214 valence electrons. The Kier molecular flexibility index (Phi) is 15.2. The van der Waals surface area contributed by atoms with Gasteiger partial charge in [-0.15, -0.1) is 9.24 Å². The lowest BCUT2D eigenvalue weighted by Crippen LogP contribution is -2.40. The highest BCUT2D eigenvalue weighted by atomic mass is 79.9. The van der Waals surface area contributed by atoms with Gasteiger partial charge in [-0.2, -0.15) is 4.99 Å². The lowest BCUT2D eigenvalue weighted by atomic mass is 9.92. The minimum Gasteiger partial charge on any atom is -0.489 e. The van der Waals surface area contributed by atoms with Crippen LogP contribution in [-0.4, -0.2) is 63.8 Å². The lowest BCUT2D eigenvalue weighted by Gasteiger charge is -2.32. The molecule has 2 saturated heterocycles.